The summed E-state index contributed by atoms with van der Waals surface area (Å²) in [7, 11) is 0. The van der Waals surface area contributed by atoms with E-state index in [1.807, 2.05) is 24.0 Å². The lowest BCUT2D eigenvalue weighted by molar-refractivity contribution is -0.134. The molecule has 0 fully saturated rings. The minimum atomic E-state index is -0.117. The van der Waals surface area contributed by atoms with E-state index in [2.05, 4.69) is 25.8 Å². The smallest absolute Gasteiger partial charge is 0.227 e. The third-order valence-corrected chi connectivity index (χ3v) is 2.51. The standard InChI is InChI=1S/C13H20N2O/c1-5-15(13(2,3)4)12(16)9-11-7-6-8-14-10-11/h6-8,10H,5,9H2,1-4H3. The van der Waals surface area contributed by atoms with Crippen molar-refractivity contribution in [1.29, 1.82) is 0 Å². The quantitative estimate of drug-likeness (QED) is 0.783. The van der Waals surface area contributed by atoms with Crippen LogP contribution >= 0.6 is 0 Å². The molecule has 0 saturated carbocycles. The van der Waals surface area contributed by atoms with E-state index in [1.165, 1.54) is 0 Å². The second-order valence-corrected chi connectivity index (χ2v) is 4.85. The lowest BCUT2D eigenvalue weighted by Gasteiger charge is -2.35. The van der Waals surface area contributed by atoms with Gasteiger partial charge in [0.05, 0.1) is 6.42 Å². The number of aromatic nitrogens is 1. The van der Waals surface area contributed by atoms with Gasteiger partial charge in [-0.1, -0.05) is 6.07 Å². The van der Waals surface area contributed by atoms with Crippen molar-refractivity contribution < 1.29 is 4.79 Å². The second kappa shape index (κ2) is 5.10. The number of likely N-dealkylation sites (N-methyl/N-ethyl adjacent to an activating group) is 1. The van der Waals surface area contributed by atoms with E-state index >= 15 is 0 Å². The molecule has 0 aliphatic heterocycles. The van der Waals surface area contributed by atoms with E-state index in [4.69, 9.17) is 0 Å². The van der Waals surface area contributed by atoms with Gasteiger partial charge in [0, 0.05) is 24.5 Å². The zero-order valence-corrected chi connectivity index (χ0v) is 10.5. The summed E-state index contributed by atoms with van der Waals surface area (Å²) in [6.07, 6.45) is 3.89. The summed E-state index contributed by atoms with van der Waals surface area (Å²) >= 11 is 0. The highest BCUT2D eigenvalue weighted by molar-refractivity contribution is 5.79. The Morgan fingerprint density at radius 1 is 1.44 bits per heavy atom. The molecule has 3 nitrogen and oxygen atoms in total. The summed E-state index contributed by atoms with van der Waals surface area (Å²) in [5.74, 6) is 0.156. The number of carbonyl (C=O) groups excluding carboxylic acids is 1. The van der Waals surface area contributed by atoms with Crippen molar-refractivity contribution >= 4 is 5.91 Å². The van der Waals surface area contributed by atoms with Crippen molar-refractivity contribution in [3.63, 3.8) is 0 Å². The van der Waals surface area contributed by atoms with E-state index in [1.54, 1.807) is 12.4 Å². The molecule has 0 aliphatic carbocycles. The summed E-state index contributed by atoms with van der Waals surface area (Å²) in [5.41, 5.74) is 0.851. The van der Waals surface area contributed by atoms with Crippen molar-refractivity contribution in [2.75, 3.05) is 6.54 Å². The van der Waals surface area contributed by atoms with E-state index in [-0.39, 0.29) is 11.4 Å². The Bertz CT molecular complexity index is 341. The molecule has 88 valence electrons. The third-order valence-electron chi connectivity index (χ3n) is 2.51. The Labute approximate surface area is 97.5 Å². The average Bonchev–Trinajstić information content (AvgIpc) is 2.17. The topological polar surface area (TPSA) is 33.2 Å². The predicted molar refractivity (Wildman–Crippen MR) is 65.1 cm³/mol. The van der Waals surface area contributed by atoms with Gasteiger partial charge in [0.15, 0.2) is 0 Å². The third kappa shape index (κ3) is 3.33. The van der Waals surface area contributed by atoms with Crippen LogP contribution in [0.1, 0.15) is 33.3 Å². The van der Waals surface area contributed by atoms with Gasteiger partial charge in [0.1, 0.15) is 0 Å². The molecule has 0 saturated heterocycles. The van der Waals surface area contributed by atoms with E-state index < -0.39 is 0 Å². The van der Waals surface area contributed by atoms with Crippen LogP contribution in [0, 0.1) is 0 Å². The molecule has 0 N–H and O–H groups in total. The number of pyridine rings is 1. The molecule has 16 heavy (non-hydrogen) atoms. The van der Waals surface area contributed by atoms with Gasteiger partial charge >= 0.3 is 0 Å². The van der Waals surface area contributed by atoms with Crippen molar-refractivity contribution in [3.8, 4) is 0 Å². The molecule has 1 heterocycles. The minimum absolute atomic E-state index is 0.117. The molecule has 3 heteroatoms. The number of hydrogen-bond donors (Lipinski definition) is 0. The van der Waals surface area contributed by atoms with E-state index in [0.717, 1.165) is 12.1 Å². The first-order valence-electron chi connectivity index (χ1n) is 5.64. The predicted octanol–water partition coefficient (Wildman–Crippen LogP) is 2.27. The van der Waals surface area contributed by atoms with Gasteiger partial charge in [-0.15, -0.1) is 0 Å². The minimum Gasteiger partial charge on any atom is -0.338 e. The maximum atomic E-state index is 12.1. The number of nitrogens with zero attached hydrogens (tertiary/aromatic N) is 2. The van der Waals surface area contributed by atoms with Gasteiger partial charge in [0.2, 0.25) is 5.91 Å². The Kier molecular flexibility index (Phi) is 4.05. The van der Waals surface area contributed by atoms with Crippen LogP contribution in [0.3, 0.4) is 0 Å². The normalized spacial score (nSPS) is 11.2. The first-order chi connectivity index (χ1) is 7.45. The lowest BCUT2D eigenvalue weighted by Crippen LogP contribution is -2.46. The first kappa shape index (κ1) is 12.7. The number of carbonyl (C=O) groups is 1. The SMILES string of the molecule is CCN(C(=O)Cc1cccnc1)C(C)(C)C. The van der Waals surface area contributed by atoms with Crippen LogP contribution in [-0.4, -0.2) is 27.9 Å². The fraction of sp³-hybridized carbons (Fsp3) is 0.538. The van der Waals surface area contributed by atoms with E-state index in [0.29, 0.717) is 6.42 Å². The molecular weight excluding hydrogens is 200 g/mol. The van der Waals surface area contributed by atoms with Gasteiger partial charge in [0.25, 0.3) is 0 Å². The Balaban J connectivity index is 2.71. The number of rotatable bonds is 3. The van der Waals surface area contributed by atoms with Crippen LogP contribution in [0.4, 0.5) is 0 Å². The molecule has 1 rings (SSSR count). The maximum Gasteiger partial charge on any atom is 0.227 e. The molecule has 1 aromatic rings. The van der Waals surface area contributed by atoms with Gasteiger partial charge < -0.3 is 4.90 Å². The summed E-state index contributed by atoms with van der Waals surface area (Å²) in [5, 5.41) is 0. The van der Waals surface area contributed by atoms with Crippen LogP contribution in [-0.2, 0) is 11.2 Å². The molecule has 1 aromatic heterocycles. The van der Waals surface area contributed by atoms with Gasteiger partial charge in [-0.25, -0.2) is 0 Å². The largest absolute Gasteiger partial charge is 0.338 e. The van der Waals surface area contributed by atoms with Crippen molar-refractivity contribution in [2.45, 2.75) is 39.7 Å². The van der Waals surface area contributed by atoms with Crippen molar-refractivity contribution in [1.82, 2.24) is 9.88 Å². The summed E-state index contributed by atoms with van der Waals surface area (Å²) in [6, 6.07) is 3.79. The van der Waals surface area contributed by atoms with E-state index in [9.17, 15) is 4.79 Å². The molecule has 0 radical (unpaired) electrons. The monoisotopic (exact) mass is 220 g/mol. The van der Waals surface area contributed by atoms with Crippen LogP contribution in [0.25, 0.3) is 0 Å². The number of hydrogen-bond acceptors (Lipinski definition) is 2. The average molecular weight is 220 g/mol. The molecule has 0 unspecified atom stereocenters. The molecule has 0 aliphatic rings. The maximum absolute atomic E-state index is 12.1. The summed E-state index contributed by atoms with van der Waals surface area (Å²) in [6.45, 7) is 8.90. The molecule has 0 bridgehead atoms. The van der Waals surface area contributed by atoms with Crippen LogP contribution < -0.4 is 0 Å². The highest BCUT2D eigenvalue weighted by Crippen LogP contribution is 2.14. The molecular formula is C13H20N2O. The van der Waals surface area contributed by atoms with Crippen LogP contribution in [0.15, 0.2) is 24.5 Å². The van der Waals surface area contributed by atoms with Crippen molar-refractivity contribution in [2.24, 2.45) is 0 Å². The highest BCUT2D eigenvalue weighted by atomic mass is 16.2. The first-order valence-corrected chi connectivity index (χ1v) is 5.64. The van der Waals surface area contributed by atoms with Crippen LogP contribution in [0.5, 0.6) is 0 Å². The Morgan fingerprint density at radius 3 is 2.56 bits per heavy atom. The lowest BCUT2D eigenvalue weighted by atomic mass is 10.0. The Morgan fingerprint density at radius 2 is 2.12 bits per heavy atom. The molecule has 1 amide bonds. The van der Waals surface area contributed by atoms with Gasteiger partial charge in [-0.05, 0) is 39.3 Å². The zero-order valence-electron chi connectivity index (χ0n) is 10.5. The van der Waals surface area contributed by atoms with Gasteiger partial charge in [-0.2, -0.15) is 0 Å². The van der Waals surface area contributed by atoms with Crippen LogP contribution in [0.2, 0.25) is 0 Å². The summed E-state index contributed by atoms with van der Waals surface area (Å²) < 4.78 is 0. The highest BCUT2D eigenvalue weighted by Gasteiger charge is 2.24. The molecule has 0 aromatic carbocycles. The molecule has 0 atom stereocenters. The zero-order chi connectivity index (χ0) is 12.2. The fourth-order valence-electron chi connectivity index (χ4n) is 1.80. The van der Waals surface area contributed by atoms with Crippen molar-refractivity contribution in [3.05, 3.63) is 30.1 Å². The summed E-state index contributed by atoms with van der Waals surface area (Å²) in [4.78, 5) is 18.0. The molecule has 0 spiro atoms. The number of amides is 1. The van der Waals surface area contributed by atoms with Gasteiger partial charge in [-0.3, -0.25) is 9.78 Å². The fourth-order valence-corrected chi connectivity index (χ4v) is 1.80. The Hall–Kier alpha value is -1.38. The second-order valence-electron chi connectivity index (χ2n) is 4.85.